The molecule has 160 valence electrons. The molecule has 0 bridgehead atoms. The SMILES string of the molecule is CC(C)(C)OC(=O)CC(=O)/C=C(\O)CCN(Cc1ccccc1)Cc1ccccc1. The zero-order valence-corrected chi connectivity index (χ0v) is 18.0. The molecule has 0 fully saturated rings. The van der Waals surface area contributed by atoms with Gasteiger partial charge in [-0.15, -0.1) is 0 Å². The number of hydrogen-bond acceptors (Lipinski definition) is 5. The summed E-state index contributed by atoms with van der Waals surface area (Å²) in [5, 5.41) is 10.2. The maximum Gasteiger partial charge on any atom is 0.314 e. The van der Waals surface area contributed by atoms with Crippen molar-refractivity contribution < 1.29 is 19.4 Å². The Labute approximate surface area is 179 Å². The molecule has 0 spiro atoms. The quantitative estimate of drug-likeness (QED) is 0.264. The number of esters is 1. The van der Waals surface area contributed by atoms with Crippen LogP contribution in [0.25, 0.3) is 0 Å². The lowest BCUT2D eigenvalue weighted by molar-refractivity contribution is -0.155. The average molecular weight is 410 g/mol. The van der Waals surface area contributed by atoms with Crippen LogP contribution in [0.15, 0.2) is 72.5 Å². The van der Waals surface area contributed by atoms with Gasteiger partial charge >= 0.3 is 5.97 Å². The minimum Gasteiger partial charge on any atom is -0.512 e. The lowest BCUT2D eigenvalue weighted by atomic mass is 10.1. The molecule has 0 aliphatic carbocycles. The highest BCUT2D eigenvalue weighted by molar-refractivity contribution is 6.02. The molecule has 2 rings (SSSR count). The van der Waals surface area contributed by atoms with Gasteiger partial charge in [0.1, 0.15) is 12.0 Å². The second kappa shape index (κ2) is 11.3. The molecular formula is C25H31NO4. The first kappa shape index (κ1) is 23.4. The van der Waals surface area contributed by atoms with E-state index in [4.69, 9.17) is 4.74 Å². The molecular weight excluding hydrogens is 378 g/mol. The van der Waals surface area contributed by atoms with E-state index < -0.39 is 17.4 Å². The molecule has 0 heterocycles. The van der Waals surface area contributed by atoms with Crippen molar-refractivity contribution in [2.24, 2.45) is 0 Å². The van der Waals surface area contributed by atoms with Gasteiger partial charge in [-0.3, -0.25) is 14.5 Å². The normalized spacial score (nSPS) is 12.1. The smallest absolute Gasteiger partial charge is 0.314 e. The topological polar surface area (TPSA) is 66.8 Å². The van der Waals surface area contributed by atoms with Crippen LogP contribution in [0.3, 0.4) is 0 Å². The van der Waals surface area contributed by atoms with E-state index >= 15 is 0 Å². The fourth-order valence-electron chi connectivity index (χ4n) is 3.00. The summed E-state index contributed by atoms with van der Waals surface area (Å²) in [5.74, 6) is -1.08. The van der Waals surface area contributed by atoms with Crippen LogP contribution in [0.4, 0.5) is 0 Å². The predicted molar refractivity (Wildman–Crippen MR) is 118 cm³/mol. The van der Waals surface area contributed by atoms with Crippen LogP contribution in [-0.4, -0.2) is 33.9 Å². The zero-order chi connectivity index (χ0) is 22.0. The number of benzene rings is 2. The van der Waals surface area contributed by atoms with Gasteiger partial charge in [0.05, 0.1) is 5.76 Å². The second-order valence-electron chi connectivity index (χ2n) is 8.30. The van der Waals surface area contributed by atoms with Crippen molar-refractivity contribution in [1.29, 1.82) is 0 Å². The van der Waals surface area contributed by atoms with E-state index in [1.807, 2.05) is 36.4 Å². The standard InChI is InChI=1S/C25H31NO4/c1-25(2,3)30-24(29)17-23(28)16-22(27)14-15-26(18-20-10-6-4-7-11-20)19-21-12-8-5-9-13-21/h4-13,16,27H,14-15,17-19H2,1-3H3/b22-16-. The number of aliphatic hydroxyl groups excluding tert-OH is 1. The number of carbonyl (C=O) groups is 2. The molecule has 1 N–H and O–H groups in total. The molecule has 0 saturated heterocycles. The molecule has 0 aromatic heterocycles. The molecule has 0 unspecified atom stereocenters. The minimum absolute atomic E-state index is 0.0327. The summed E-state index contributed by atoms with van der Waals surface area (Å²) in [5.41, 5.74) is 1.72. The maximum atomic E-state index is 12.0. The molecule has 0 radical (unpaired) electrons. The second-order valence-corrected chi connectivity index (χ2v) is 8.30. The summed E-state index contributed by atoms with van der Waals surface area (Å²) in [7, 11) is 0. The third-order valence-electron chi connectivity index (χ3n) is 4.25. The van der Waals surface area contributed by atoms with Gasteiger partial charge < -0.3 is 9.84 Å². The number of aliphatic hydroxyl groups is 1. The summed E-state index contributed by atoms with van der Waals surface area (Å²) >= 11 is 0. The van der Waals surface area contributed by atoms with Gasteiger partial charge in [0, 0.05) is 32.1 Å². The van der Waals surface area contributed by atoms with Gasteiger partial charge in [-0.25, -0.2) is 0 Å². The Balaban J connectivity index is 1.94. The first-order valence-corrected chi connectivity index (χ1v) is 10.2. The van der Waals surface area contributed by atoms with Crippen molar-refractivity contribution in [3.8, 4) is 0 Å². The highest BCUT2D eigenvalue weighted by atomic mass is 16.6. The monoisotopic (exact) mass is 409 g/mol. The minimum atomic E-state index is -0.640. The summed E-state index contributed by atoms with van der Waals surface area (Å²) < 4.78 is 5.14. The predicted octanol–water partition coefficient (Wildman–Crippen LogP) is 4.82. The largest absolute Gasteiger partial charge is 0.512 e. The summed E-state index contributed by atoms with van der Waals surface area (Å²) in [6.07, 6.45) is 1.08. The van der Waals surface area contributed by atoms with E-state index in [2.05, 4.69) is 29.2 Å². The molecule has 2 aromatic carbocycles. The summed E-state index contributed by atoms with van der Waals surface area (Å²) in [6.45, 7) is 7.28. The first-order chi connectivity index (χ1) is 14.2. The van der Waals surface area contributed by atoms with Crippen LogP contribution < -0.4 is 0 Å². The number of hydrogen-bond donors (Lipinski definition) is 1. The van der Waals surface area contributed by atoms with Crippen molar-refractivity contribution >= 4 is 11.8 Å². The van der Waals surface area contributed by atoms with Gasteiger partial charge in [-0.05, 0) is 31.9 Å². The third kappa shape index (κ3) is 9.52. The molecule has 0 aliphatic heterocycles. The molecule has 5 nitrogen and oxygen atoms in total. The zero-order valence-electron chi connectivity index (χ0n) is 18.0. The van der Waals surface area contributed by atoms with Crippen molar-refractivity contribution in [2.75, 3.05) is 6.54 Å². The highest BCUT2D eigenvalue weighted by Gasteiger charge is 2.18. The fourth-order valence-corrected chi connectivity index (χ4v) is 3.00. The Kier molecular flexibility index (Phi) is 8.81. The van der Waals surface area contributed by atoms with Crippen LogP contribution >= 0.6 is 0 Å². The van der Waals surface area contributed by atoms with Crippen LogP contribution in [0.5, 0.6) is 0 Å². The number of carbonyl (C=O) groups excluding carboxylic acids is 2. The van der Waals surface area contributed by atoms with Crippen LogP contribution in [0, 0.1) is 0 Å². The van der Waals surface area contributed by atoms with E-state index in [1.54, 1.807) is 20.8 Å². The number of rotatable bonds is 10. The number of ether oxygens (including phenoxy) is 1. The van der Waals surface area contributed by atoms with Crippen LogP contribution in [-0.2, 0) is 27.4 Å². The van der Waals surface area contributed by atoms with Gasteiger partial charge in [-0.2, -0.15) is 0 Å². The van der Waals surface area contributed by atoms with Gasteiger partial charge in [0.15, 0.2) is 5.78 Å². The average Bonchev–Trinajstić information content (AvgIpc) is 2.66. The first-order valence-electron chi connectivity index (χ1n) is 10.2. The molecule has 0 atom stereocenters. The van der Waals surface area contributed by atoms with Crippen molar-refractivity contribution in [3.63, 3.8) is 0 Å². The Hall–Kier alpha value is -2.92. The molecule has 0 amide bonds. The van der Waals surface area contributed by atoms with E-state index in [-0.39, 0.29) is 12.2 Å². The molecule has 30 heavy (non-hydrogen) atoms. The molecule has 0 aliphatic rings. The van der Waals surface area contributed by atoms with Gasteiger partial charge in [0.25, 0.3) is 0 Å². The molecule has 2 aromatic rings. The summed E-state index contributed by atoms with van der Waals surface area (Å²) in [6, 6.07) is 20.2. The van der Waals surface area contributed by atoms with E-state index in [1.165, 1.54) is 11.1 Å². The van der Waals surface area contributed by atoms with Crippen molar-refractivity contribution in [3.05, 3.63) is 83.6 Å². The number of nitrogens with zero attached hydrogens (tertiary/aromatic N) is 1. The molecule has 5 heteroatoms. The highest BCUT2D eigenvalue weighted by Crippen LogP contribution is 2.13. The Morgan fingerprint density at radius 1 is 0.933 bits per heavy atom. The van der Waals surface area contributed by atoms with Crippen molar-refractivity contribution in [2.45, 2.75) is 52.3 Å². The van der Waals surface area contributed by atoms with E-state index in [9.17, 15) is 14.7 Å². The lowest BCUT2D eigenvalue weighted by Crippen LogP contribution is -2.25. The third-order valence-corrected chi connectivity index (χ3v) is 4.25. The van der Waals surface area contributed by atoms with Crippen LogP contribution in [0.2, 0.25) is 0 Å². The van der Waals surface area contributed by atoms with E-state index in [0.717, 1.165) is 19.2 Å². The Morgan fingerprint density at radius 2 is 1.43 bits per heavy atom. The van der Waals surface area contributed by atoms with E-state index in [0.29, 0.717) is 13.0 Å². The van der Waals surface area contributed by atoms with Gasteiger partial charge in [0.2, 0.25) is 0 Å². The maximum absolute atomic E-state index is 12.0. The Morgan fingerprint density at radius 3 is 1.90 bits per heavy atom. The number of allylic oxidation sites excluding steroid dienone is 1. The van der Waals surface area contributed by atoms with Crippen molar-refractivity contribution in [1.82, 2.24) is 4.90 Å². The fraction of sp³-hybridized carbons (Fsp3) is 0.360. The summed E-state index contributed by atoms with van der Waals surface area (Å²) in [4.78, 5) is 26.0. The Bertz CT molecular complexity index is 797. The molecule has 0 saturated carbocycles. The number of ketones is 1. The lowest BCUT2D eigenvalue weighted by Gasteiger charge is -2.22. The van der Waals surface area contributed by atoms with Gasteiger partial charge in [-0.1, -0.05) is 60.7 Å². The van der Waals surface area contributed by atoms with Crippen LogP contribution in [0.1, 0.15) is 44.7 Å².